The maximum absolute atomic E-state index is 5.62. The number of benzene rings is 1. The van der Waals surface area contributed by atoms with Crippen molar-refractivity contribution in [3.05, 3.63) is 54.1 Å². The summed E-state index contributed by atoms with van der Waals surface area (Å²) in [6.45, 7) is 0. The first kappa shape index (κ1) is 8.11. The van der Waals surface area contributed by atoms with Crippen LogP contribution in [0.2, 0.25) is 0 Å². The van der Waals surface area contributed by atoms with Crippen LogP contribution in [0, 0.1) is 0 Å². The summed E-state index contributed by atoms with van der Waals surface area (Å²) in [5.41, 5.74) is 7.80. The molecular formula is C12H13N. The molecule has 2 rings (SSSR count). The third kappa shape index (κ3) is 1.81. The third-order valence-electron chi connectivity index (χ3n) is 2.35. The molecule has 0 amide bonds. The van der Waals surface area contributed by atoms with E-state index in [9.17, 15) is 0 Å². The molecule has 1 heteroatoms. The Balaban J connectivity index is 2.21. The van der Waals surface area contributed by atoms with E-state index in [1.165, 1.54) is 5.56 Å². The molecule has 0 radical (unpaired) electrons. The van der Waals surface area contributed by atoms with Gasteiger partial charge in [-0.05, 0) is 24.1 Å². The van der Waals surface area contributed by atoms with Crippen LogP contribution in [0.15, 0.2) is 48.6 Å². The van der Waals surface area contributed by atoms with Crippen LogP contribution in [0.25, 0.3) is 0 Å². The van der Waals surface area contributed by atoms with E-state index in [1.807, 2.05) is 12.1 Å². The lowest BCUT2D eigenvalue weighted by Crippen LogP contribution is -1.96. The Hall–Kier alpha value is -1.50. The van der Waals surface area contributed by atoms with Gasteiger partial charge in [-0.15, -0.1) is 0 Å². The van der Waals surface area contributed by atoms with Crippen molar-refractivity contribution < 1.29 is 0 Å². The number of nitrogen functional groups attached to an aromatic ring is 1. The highest BCUT2D eigenvalue weighted by molar-refractivity contribution is 5.41. The molecule has 1 aromatic carbocycles. The predicted molar refractivity (Wildman–Crippen MR) is 56.5 cm³/mol. The topological polar surface area (TPSA) is 26.0 Å². The third-order valence-corrected chi connectivity index (χ3v) is 2.35. The van der Waals surface area contributed by atoms with Gasteiger partial charge in [-0.25, -0.2) is 0 Å². The summed E-state index contributed by atoms with van der Waals surface area (Å²) in [5.74, 6) is 0.533. The lowest BCUT2D eigenvalue weighted by molar-refractivity contribution is 0.854. The molecule has 0 unspecified atom stereocenters. The number of allylic oxidation sites excluding steroid dienone is 4. The number of rotatable bonds is 1. The van der Waals surface area contributed by atoms with Crippen LogP contribution in [0.3, 0.4) is 0 Å². The monoisotopic (exact) mass is 171 g/mol. The Morgan fingerprint density at radius 2 is 1.85 bits per heavy atom. The second-order valence-electron chi connectivity index (χ2n) is 3.32. The van der Waals surface area contributed by atoms with Gasteiger partial charge in [0, 0.05) is 11.6 Å². The second-order valence-corrected chi connectivity index (χ2v) is 3.32. The Bertz CT molecular complexity index is 333. The van der Waals surface area contributed by atoms with Gasteiger partial charge < -0.3 is 5.73 Å². The zero-order valence-electron chi connectivity index (χ0n) is 7.48. The molecule has 13 heavy (non-hydrogen) atoms. The van der Waals surface area contributed by atoms with Crippen LogP contribution in [0.5, 0.6) is 0 Å². The molecule has 66 valence electrons. The van der Waals surface area contributed by atoms with Crippen LogP contribution < -0.4 is 5.73 Å². The molecule has 0 fully saturated rings. The summed E-state index contributed by atoms with van der Waals surface area (Å²) in [4.78, 5) is 0. The fourth-order valence-electron chi connectivity index (χ4n) is 1.57. The van der Waals surface area contributed by atoms with E-state index in [2.05, 4.69) is 36.4 Å². The van der Waals surface area contributed by atoms with E-state index in [0.717, 1.165) is 12.1 Å². The summed E-state index contributed by atoms with van der Waals surface area (Å²) in [5, 5.41) is 0. The van der Waals surface area contributed by atoms with E-state index >= 15 is 0 Å². The van der Waals surface area contributed by atoms with Crippen molar-refractivity contribution in [3.8, 4) is 0 Å². The molecule has 1 aliphatic rings. The first-order chi connectivity index (χ1) is 6.36. The molecule has 1 atom stereocenters. The largest absolute Gasteiger partial charge is 0.399 e. The Morgan fingerprint density at radius 3 is 2.46 bits per heavy atom. The fraction of sp³-hybridized carbons (Fsp3) is 0.167. The predicted octanol–water partition coefficient (Wildman–Crippen LogP) is 2.87. The fourth-order valence-corrected chi connectivity index (χ4v) is 1.57. The summed E-state index contributed by atoms with van der Waals surface area (Å²) in [7, 11) is 0. The lowest BCUT2D eigenvalue weighted by Gasteiger charge is -2.13. The summed E-state index contributed by atoms with van der Waals surface area (Å²) in [6.07, 6.45) is 9.71. The van der Waals surface area contributed by atoms with Gasteiger partial charge >= 0.3 is 0 Å². The second kappa shape index (κ2) is 3.48. The molecule has 0 aromatic heterocycles. The normalized spacial score (nSPS) is 20.5. The summed E-state index contributed by atoms with van der Waals surface area (Å²) >= 11 is 0. The van der Waals surface area contributed by atoms with Crippen molar-refractivity contribution in [2.24, 2.45) is 0 Å². The van der Waals surface area contributed by atoms with Crippen molar-refractivity contribution in [3.63, 3.8) is 0 Å². The van der Waals surface area contributed by atoms with Crippen molar-refractivity contribution >= 4 is 5.69 Å². The minimum Gasteiger partial charge on any atom is -0.399 e. The smallest absolute Gasteiger partial charge is 0.0314 e. The van der Waals surface area contributed by atoms with Crippen molar-refractivity contribution in [2.75, 3.05) is 5.73 Å². The Morgan fingerprint density at radius 1 is 1.08 bits per heavy atom. The van der Waals surface area contributed by atoms with E-state index in [-0.39, 0.29) is 0 Å². The van der Waals surface area contributed by atoms with Crippen molar-refractivity contribution in [2.45, 2.75) is 12.3 Å². The van der Waals surface area contributed by atoms with Crippen LogP contribution in [0.4, 0.5) is 5.69 Å². The molecule has 1 aliphatic carbocycles. The average molecular weight is 171 g/mol. The Labute approximate surface area is 78.6 Å². The SMILES string of the molecule is Nc1ccc([C@H]2C=CC=CC2)cc1. The van der Waals surface area contributed by atoms with Gasteiger partial charge in [-0.2, -0.15) is 0 Å². The maximum Gasteiger partial charge on any atom is 0.0314 e. The van der Waals surface area contributed by atoms with Crippen LogP contribution in [-0.2, 0) is 0 Å². The van der Waals surface area contributed by atoms with Gasteiger partial charge in [0.15, 0.2) is 0 Å². The van der Waals surface area contributed by atoms with Gasteiger partial charge in [0.1, 0.15) is 0 Å². The average Bonchev–Trinajstić information content (AvgIpc) is 2.20. The van der Waals surface area contributed by atoms with Crippen molar-refractivity contribution in [1.82, 2.24) is 0 Å². The number of anilines is 1. The molecule has 0 saturated carbocycles. The van der Waals surface area contributed by atoms with Gasteiger partial charge in [0.2, 0.25) is 0 Å². The first-order valence-electron chi connectivity index (χ1n) is 4.55. The molecule has 1 aromatic rings. The van der Waals surface area contributed by atoms with Crippen LogP contribution in [0.1, 0.15) is 17.9 Å². The standard InChI is InChI=1S/C12H13N/c13-12-8-6-11(7-9-12)10-4-2-1-3-5-10/h1-4,6-10H,5,13H2/t10-/m0/s1. The quantitative estimate of drug-likeness (QED) is 0.646. The minimum atomic E-state index is 0.533. The minimum absolute atomic E-state index is 0.533. The number of hydrogen-bond donors (Lipinski definition) is 1. The van der Waals surface area contributed by atoms with Gasteiger partial charge in [0.25, 0.3) is 0 Å². The van der Waals surface area contributed by atoms with Gasteiger partial charge in [-0.1, -0.05) is 36.4 Å². The molecule has 0 heterocycles. The first-order valence-corrected chi connectivity index (χ1v) is 4.55. The van der Waals surface area contributed by atoms with E-state index in [1.54, 1.807) is 0 Å². The molecule has 0 spiro atoms. The molecule has 0 bridgehead atoms. The number of nitrogens with two attached hydrogens (primary N) is 1. The van der Waals surface area contributed by atoms with Gasteiger partial charge in [-0.3, -0.25) is 0 Å². The zero-order chi connectivity index (χ0) is 9.10. The highest BCUT2D eigenvalue weighted by Gasteiger charge is 2.06. The molecule has 0 saturated heterocycles. The molecular weight excluding hydrogens is 158 g/mol. The lowest BCUT2D eigenvalue weighted by atomic mass is 9.93. The number of hydrogen-bond acceptors (Lipinski definition) is 1. The molecule has 1 nitrogen and oxygen atoms in total. The van der Waals surface area contributed by atoms with Crippen LogP contribution >= 0.6 is 0 Å². The highest BCUT2D eigenvalue weighted by atomic mass is 14.5. The van der Waals surface area contributed by atoms with Crippen LogP contribution in [-0.4, -0.2) is 0 Å². The van der Waals surface area contributed by atoms with E-state index < -0.39 is 0 Å². The maximum atomic E-state index is 5.62. The molecule has 0 aliphatic heterocycles. The highest BCUT2D eigenvalue weighted by Crippen LogP contribution is 2.24. The summed E-state index contributed by atoms with van der Waals surface area (Å²) < 4.78 is 0. The molecule has 2 N–H and O–H groups in total. The van der Waals surface area contributed by atoms with E-state index in [4.69, 9.17) is 5.73 Å². The van der Waals surface area contributed by atoms with E-state index in [0.29, 0.717) is 5.92 Å². The zero-order valence-corrected chi connectivity index (χ0v) is 7.48. The van der Waals surface area contributed by atoms with Crippen molar-refractivity contribution in [1.29, 1.82) is 0 Å². The summed E-state index contributed by atoms with van der Waals surface area (Å²) in [6, 6.07) is 8.12. The Kier molecular flexibility index (Phi) is 2.17. The van der Waals surface area contributed by atoms with Gasteiger partial charge in [0.05, 0.1) is 0 Å².